The van der Waals surface area contributed by atoms with Gasteiger partial charge < -0.3 is 10.2 Å². The Morgan fingerprint density at radius 2 is 1.70 bits per heavy atom. The van der Waals surface area contributed by atoms with Gasteiger partial charge in [0.25, 0.3) is 5.91 Å². The van der Waals surface area contributed by atoms with Crippen LogP contribution in [-0.2, 0) is 17.8 Å². The van der Waals surface area contributed by atoms with Gasteiger partial charge in [-0.25, -0.2) is 0 Å². The molecule has 1 N–H and O–H groups in total. The van der Waals surface area contributed by atoms with Crippen LogP contribution in [0.25, 0.3) is 0 Å². The Morgan fingerprint density at radius 1 is 1.03 bits per heavy atom. The molecule has 1 heterocycles. The molecule has 0 fully saturated rings. The molecule has 6 heteroatoms. The highest BCUT2D eigenvalue weighted by molar-refractivity contribution is 6.00. The van der Waals surface area contributed by atoms with Crippen LogP contribution >= 0.6 is 0 Å². The van der Waals surface area contributed by atoms with E-state index in [4.69, 9.17) is 0 Å². The number of likely N-dealkylation sites (N-methyl/N-ethyl adjacent to an activating group) is 1. The van der Waals surface area contributed by atoms with Crippen molar-refractivity contribution in [3.05, 3.63) is 82.7 Å². The highest BCUT2D eigenvalue weighted by Gasteiger charge is 2.23. The summed E-state index contributed by atoms with van der Waals surface area (Å²) in [6.07, 6.45) is 0.824. The molecule has 156 valence electrons. The zero-order valence-corrected chi connectivity index (χ0v) is 18.0. The van der Waals surface area contributed by atoms with Crippen molar-refractivity contribution in [1.82, 2.24) is 14.7 Å². The van der Waals surface area contributed by atoms with Crippen LogP contribution in [0.2, 0.25) is 0 Å². The van der Waals surface area contributed by atoms with Gasteiger partial charge in [0.1, 0.15) is 0 Å². The average molecular weight is 405 g/mol. The van der Waals surface area contributed by atoms with Crippen LogP contribution in [0.3, 0.4) is 0 Å². The fourth-order valence-corrected chi connectivity index (χ4v) is 3.54. The molecule has 2 aromatic carbocycles. The highest BCUT2D eigenvalue weighted by atomic mass is 16.2. The molecule has 0 bridgehead atoms. The Morgan fingerprint density at radius 3 is 2.40 bits per heavy atom. The van der Waals surface area contributed by atoms with Gasteiger partial charge in [-0.3, -0.25) is 14.3 Å². The number of anilines is 1. The number of hydrogen-bond donors (Lipinski definition) is 1. The van der Waals surface area contributed by atoms with Gasteiger partial charge in [0.2, 0.25) is 5.91 Å². The lowest BCUT2D eigenvalue weighted by Crippen LogP contribution is -2.35. The fourth-order valence-electron chi connectivity index (χ4n) is 3.54. The third-order valence-corrected chi connectivity index (χ3v) is 5.17. The van der Waals surface area contributed by atoms with E-state index >= 15 is 0 Å². The standard InChI is InChI=1S/C24H28N4O2/c1-5-20-13-9-10-14-21(20)25-22(29)16-27(4)24(30)23-17(2)26-28(18(23)3)15-19-11-7-6-8-12-19/h6-14H,5,15-16H2,1-4H3,(H,25,29). The summed E-state index contributed by atoms with van der Waals surface area (Å²) >= 11 is 0. The largest absolute Gasteiger partial charge is 0.332 e. The minimum absolute atomic E-state index is 0.0281. The molecule has 1 aromatic heterocycles. The molecule has 3 aromatic rings. The lowest BCUT2D eigenvalue weighted by atomic mass is 10.1. The summed E-state index contributed by atoms with van der Waals surface area (Å²) in [5.41, 5.74) is 4.98. The van der Waals surface area contributed by atoms with Crippen LogP contribution in [0.5, 0.6) is 0 Å². The maximum atomic E-state index is 13.1. The number of nitrogens with zero attached hydrogens (tertiary/aromatic N) is 3. The number of carbonyl (C=O) groups excluding carboxylic acids is 2. The Kier molecular flexibility index (Phi) is 6.67. The number of benzene rings is 2. The number of amides is 2. The van der Waals surface area contributed by atoms with E-state index in [1.807, 2.05) is 80.1 Å². The lowest BCUT2D eigenvalue weighted by Gasteiger charge is -2.18. The van der Waals surface area contributed by atoms with Crippen LogP contribution in [0.15, 0.2) is 54.6 Å². The molecule has 0 spiro atoms. The maximum Gasteiger partial charge on any atom is 0.257 e. The number of aromatic nitrogens is 2. The molecule has 0 atom stereocenters. The van der Waals surface area contributed by atoms with Crippen molar-refractivity contribution in [2.75, 3.05) is 18.9 Å². The topological polar surface area (TPSA) is 67.2 Å². The number of hydrogen-bond acceptors (Lipinski definition) is 3. The maximum absolute atomic E-state index is 13.1. The smallest absolute Gasteiger partial charge is 0.257 e. The summed E-state index contributed by atoms with van der Waals surface area (Å²) in [7, 11) is 1.64. The van der Waals surface area contributed by atoms with Crippen LogP contribution in [0.4, 0.5) is 5.69 Å². The second kappa shape index (κ2) is 9.39. The van der Waals surface area contributed by atoms with E-state index in [0.29, 0.717) is 17.8 Å². The lowest BCUT2D eigenvalue weighted by molar-refractivity contribution is -0.116. The predicted octanol–water partition coefficient (Wildman–Crippen LogP) is 3.82. The summed E-state index contributed by atoms with van der Waals surface area (Å²) < 4.78 is 1.84. The molecule has 3 rings (SSSR count). The molecule has 0 radical (unpaired) electrons. The van der Waals surface area contributed by atoms with Crippen molar-refractivity contribution in [1.29, 1.82) is 0 Å². The quantitative estimate of drug-likeness (QED) is 0.651. The minimum atomic E-state index is -0.223. The number of rotatable bonds is 7. The molecular formula is C24H28N4O2. The third kappa shape index (κ3) is 4.76. The molecule has 0 saturated carbocycles. The molecule has 0 aliphatic rings. The van der Waals surface area contributed by atoms with Crippen LogP contribution in [0, 0.1) is 13.8 Å². The van der Waals surface area contributed by atoms with E-state index in [-0.39, 0.29) is 18.4 Å². The van der Waals surface area contributed by atoms with Gasteiger partial charge in [0.05, 0.1) is 24.3 Å². The first-order valence-electron chi connectivity index (χ1n) is 10.1. The fraction of sp³-hybridized carbons (Fsp3) is 0.292. The van der Waals surface area contributed by atoms with Crippen molar-refractivity contribution in [3.8, 4) is 0 Å². The van der Waals surface area contributed by atoms with Crippen LogP contribution in [0.1, 0.15) is 39.8 Å². The Bertz CT molecular complexity index is 1040. The zero-order valence-electron chi connectivity index (χ0n) is 18.0. The van der Waals surface area contributed by atoms with Gasteiger partial charge in [-0.15, -0.1) is 0 Å². The molecule has 30 heavy (non-hydrogen) atoms. The molecular weight excluding hydrogens is 376 g/mol. The second-order valence-electron chi connectivity index (χ2n) is 7.41. The molecule has 0 saturated heterocycles. The Hall–Kier alpha value is -3.41. The zero-order chi connectivity index (χ0) is 21.7. The van der Waals surface area contributed by atoms with Crippen LogP contribution in [-0.4, -0.2) is 40.1 Å². The van der Waals surface area contributed by atoms with Gasteiger partial charge >= 0.3 is 0 Å². The van der Waals surface area contributed by atoms with Gasteiger partial charge in [-0.05, 0) is 37.5 Å². The monoisotopic (exact) mass is 404 g/mol. The van der Waals surface area contributed by atoms with Crippen molar-refractivity contribution in [2.24, 2.45) is 0 Å². The molecule has 0 aliphatic heterocycles. The van der Waals surface area contributed by atoms with E-state index in [1.54, 1.807) is 7.05 Å². The predicted molar refractivity (Wildman–Crippen MR) is 119 cm³/mol. The summed E-state index contributed by atoms with van der Waals surface area (Å²) in [6, 6.07) is 17.7. The summed E-state index contributed by atoms with van der Waals surface area (Å²) in [5, 5.41) is 7.46. The molecule has 0 unspecified atom stereocenters. The Balaban J connectivity index is 1.70. The number of carbonyl (C=O) groups is 2. The van der Waals surface area contributed by atoms with E-state index < -0.39 is 0 Å². The van der Waals surface area contributed by atoms with Crippen molar-refractivity contribution in [3.63, 3.8) is 0 Å². The summed E-state index contributed by atoms with van der Waals surface area (Å²) in [6.45, 7) is 6.33. The van der Waals surface area contributed by atoms with Gasteiger partial charge in [-0.1, -0.05) is 55.5 Å². The Labute approximate surface area is 177 Å². The first-order chi connectivity index (χ1) is 14.4. The van der Waals surface area contributed by atoms with Gasteiger partial charge in [0, 0.05) is 18.4 Å². The van der Waals surface area contributed by atoms with Crippen molar-refractivity contribution < 1.29 is 9.59 Å². The first kappa shape index (κ1) is 21.3. The van der Waals surface area contributed by atoms with E-state index in [2.05, 4.69) is 10.4 Å². The number of nitrogens with one attached hydrogen (secondary N) is 1. The number of aryl methyl sites for hydroxylation is 2. The first-order valence-corrected chi connectivity index (χ1v) is 10.1. The average Bonchev–Trinajstić information content (AvgIpc) is 3.01. The molecule has 6 nitrogen and oxygen atoms in total. The minimum Gasteiger partial charge on any atom is -0.332 e. The van der Waals surface area contributed by atoms with E-state index in [0.717, 1.165) is 28.9 Å². The van der Waals surface area contributed by atoms with Crippen molar-refractivity contribution in [2.45, 2.75) is 33.7 Å². The van der Waals surface area contributed by atoms with Crippen LogP contribution < -0.4 is 5.32 Å². The van der Waals surface area contributed by atoms with Crippen molar-refractivity contribution >= 4 is 17.5 Å². The second-order valence-corrected chi connectivity index (χ2v) is 7.41. The van der Waals surface area contributed by atoms with E-state index in [1.165, 1.54) is 4.90 Å². The number of para-hydroxylation sites is 1. The third-order valence-electron chi connectivity index (χ3n) is 5.17. The SMILES string of the molecule is CCc1ccccc1NC(=O)CN(C)C(=O)c1c(C)nn(Cc2ccccc2)c1C. The van der Waals surface area contributed by atoms with E-state index in [9.17, 15) is 9.59 Å². The molecule has 0 aliphatic carbocycles. The summed E-state index contributed by atoms with van der Waals surface area (Å²) in [5.74, 6) is -0.429. The summed E-state index contributed by atoms with van der Waals surface area (Å²) in [4.78, 5) is 27.0. The molecule has 2 amide bonds. The normalized spacial score (nSPS) is 10.7. The highest BCUT2D eigenvalue weighted by Crippen LogP contribution is 2.18. The van der Waals surface area contributed by atoms with Gasteiger partial charge in [0.15, 0.2) is 0 Å². The van der Waals surface area contributed by atoms with Gasteiger partial charge in [-0.2, -0.15) is 5.10 Å².